The highest BCUT2D eigenvalue weighted by Gasteiger charge is 2.65. The van der Waals surface area contributed by atoms with E-state index < -0.39 is 17.1 Å². The first-order valence-electron chi connectivity index (χ1n) is 20.9. The Labute approximate surface area is 296 Å². The van der Waals surface area contributed by atoms with E-state index >= 15 is 0 Å². The summed E-state index contributed by atoms with van der Waals surface area (Å²) in [6.45, 7) is 16.4. The van der Waals surface area contributed by atoms with Gasteiger partial charge in [-0.25, -0.2) is 0 Å². The summed E-state index contributed by atoms with van der Waals surface area (Å²) in [5.41, 5.74) is 0.00943. The van der Waals surface area contributed by atoms with E-state index in [1.54, 1.807) is 0 Å². The van der Waals surface area contributed by atoms with E-state index in [2.05, 4.69) is 66.7 Å². The lowest BCUT2D eigenvalue weighted by molar-refractivity contribution is -0.216. The van der Waals surface area contributed by atoms with Crippen molar-refractivity contribution in [1.29, 1.82) is 0 Å². The largest absolute Gasteiger partial charge is 0.462 e. The second-order valence-electron chi connectivity index (χ2n) is 18.0. The van der Waals surface area contributed by atoms with Gasteiger partial charge in [0, 0.05) is 18.3 Å². The highest BCUT2D eigenvalue weighted by molar-refractivity contribution is 5.69. The normalized spacial score (nSPS) is 36.0. The van der Waals surface area contributed by atoms with Crippen molar-refractivity contribution in [3.8, 4) is 0 Å². The Morgan fingerprint density at radius 3 is 2.04 bits per heavy atom. The van der Waals surface area contributed by atoms with E-state index in [0.717, 1.165) is 32.1 Å². The molecule has 0 aromatic carbocycles. The predicted octanol–water partition coefficient (Wildman–Crippen LogP) is 11.5. The Morgan fingerprint density at radius 2 is 1.44 bits per heavy atom. The standard InChI is InChI=1S/C44H76O4/c1-8-9-10-11-12-13-14-15-16-17-18-19-20-21-41(46)48-35-26-29-43(7)39-27-28-42(6)37(34(5)23-22-33(4)32(2)3)24-25-38(42)36(39)30-40(45)44(43,47)31-35/h22-23,30,32-35,37-40,45,47H,8-21,24-29,31H2,1-7H3/b23-22+/t33-,34+,35-,37+,38-,39-,40+,42+,43+,44-/m0/s1. The van der Waals surface area contributed by atoms with Gasteiger partial charge in [0.2, 0.25) is 0 Å². The van der Waals surface area contributed by atoms with Crippen molar-refractivity contribution < 1.29 is 19.7 Å². The first kappa shape index (κ1) is 39.7. The maximum atomic E-state index is 12.8. The van der Waals surface area contributed by atoms with E-state index in [-0.39, 0.29) is 23.4 Å². The molecule has 4 aliphatic rings. The maximum Gasteiger partial charge on any atom is 0.306 e. The molecule has 48 heavy (non-hydrogen) atoms. The quantitative estimate of drug-likeness (QED) is 0.0816. The van der Waals surface area contributed by atoms with Crippen molar-refractivity contribution in [3.05, 3.63) is 23.8 Å². The van der Waals surface area contributed by atoms with Gasteiger partial charge in [-0.1, -0.05) is 149 Å². The first-order chi connectivity index (χ1) is 22.9. The number of carbonyl (C=O) groups is 1. The molecule has 2 N–H and O–H groups in total. The lowest BCUT2D eigenvalue weighted by Gasteiger charge is -2.62. The minimum absolute atomic E-state index is 0.131. The van der Waals surface area contributed by atoms with Crippen LogP contribution < -0.4 is 0 Å². The van der Waals surface area contributed by atoms with Crippen molar-refractivity contribution >= 4 is 5.97 Å². The second kappa shape index (κ2) is 17.9. The fourth-order valence-electron chi connectivity index (χ4n) is 10.8. The van der Waals surface area contributed by atoms with Crippen LogP contribution in [0.25, 0.3) is 0 Å². The number of aliphatic hydroxyl groups is 2. The lowest BCUT2D eigenvalue weighted by atomic mass is 9.45. The molecule has 4 nitrogen and oxygen atoms in total. The van der Waals surface area contributed by atoms with Crippen LogP contribution in [-0.4, -0.2) is 34.0 Å². The summed E-state index contributed by atoms with van der Waals surface area (Å²) in [4.78, 5) is 12.8. The maximum absolute atomic E-state index is 12.8. The van der Waals surface area contributed by atoms with Gasteiger partial charge in [-0.3, -0.25) is 4.79 Å². The van der Waals surface area contributed by atoms with Crippen LogP contribution in [0.15, 0.2) is 23.8 Å². The van der Waals surface area contributed by atoms with Gasteiger partial charge in [-0.2, -0.15) is 0 Å². The summed E-state index contributed by atoms with van der Waals surface area (Å²) in [6.07, 6.45) is 29.6. The van der Waals surface area contributed by atoms with Crippen molar-refractivity contribution in [2.45, 2.75) is 201 Å². The van der Waals surface area contributed by atoms with E-state index in [4.69, 9.17) is 4.74 Å². The van der Waals surface area contributed by atoms with Gasteiger partial charge < -0.3 is 14.9 Å². The van der Waals surface area contributed by atoms with E-state index in [1.807, 2.05) is 0 Å². The average molecular weight is 669 g/mol. The number of fused-ring (bicyclic) bond motifs is 5. The van der Waals surface area contributed by atoms with Crippen LogP contribution >= 0.6 is 0 Å². The minimum Gasteiger partial charge on any atom is -0.462 e. The van der Waals surface area contributed by atoms with E-state index in [1.165, 1.54) is 95.5 Å². The highest BCUT2D eigenvalue weighted by Crippen LogP contribution is 2.67. The van der Waals surface area contributed by atoms with Crippen LogP contribution in [0, 0.1) is 46.3 Å². The zero-order valence-electron chi connectivity index (χ0n) is 32.4. The number of hydrogen-bond donors (Lipinski definition) is 2. The van der Waals surface area contributed by atoms with Crippen molar-refractivity contribution in [1.82, 2.24) is 0 Å². The van der Waals surface area contributed by atoms with Crippen molar-refractivity contribution in [2.24, 2.45) is 46.3 Å². The van der Waals surface area contributed by atoms with Gasteiger partial charge in [0.25, 0.3) is 0 Å². The smallest absolute Gasteiger partial charge is 0.306 e. The molecule has 3 saturated carbocycles. The Morgan fingerprint density at radius 1 is 0.833 bits per heavy atom. The molecule has 10 atom stereocenters. The summed E-state index contributed by atoms with van der Waals surface area (Å²) in [5, 5.41) is 23.9. The number of rotatable bonds is 19. The van der Waals surface area contributed by atoms with Crippen LogP contribution in [-0.2, 0) is 9.53 Å². The summed E-state index contributed by atoms with van der Waals surface area (Å²) in [5.74, 6) is 3.08. The number of allylic oxidation sites excluding steroid dienone is 3. The van der Waals surface area contributed by atoms with Crippen LogP contribution in [0.4, 0.5) is 0 Å². The molecule has 276 valence electrons. The zero-order valence-corrected chi connectivity index (χ0v) is 32.4. The van der Waals surface area contributed by atoms with E-state index in [0.29, 0.717) is 42.4 Å². The molecule has 0 saturated heterocycles. The van der Waals surface area contributed by atoms with Gasteiger partial charge in [0.05, 0.1) is 0 Å². The Balaban J connectivity index is 1.23. The van der Waals surface area contributed by atoms with Gasteiger partial charge >= 0.3 is 5.97 Å². The molecule has 4 rings (SSSR count). The molecule has 0 heterocycles. The lowest BCUT2D eigenvalue weighted by Crippen LogP contribution is -2.65. The third kappa shape index (κ3) is 9.02. The third-order valence-electron chi connectivity index (χ3n) is 14.5. The number of aliphatic hydroxyl groups excluding tert-OH is 1. The fourth-order valence-corrected chi connectivity index (χ4v) is 10.8. The second-order valence-corrected chi connectivity index (χ2v) is 18.0. The first-order valence-corrected chi connectivity index (χ1v) is 20.9. The van der Waals surface area contributed by atoms with Crippen molar-refractivity contribution in [3.63, 3.8) is 0 Å². The molecule has 4 aliphatic carbocycles. The highest BCUT2D eigenvalue weighted by atomic mass is 16.5. The number of esters is 1. The molecule has 0 unspecified atom stereocenters. The van der Waals surface area contributed by atoms with Crippen LogP contribution in [0.3, 0.4) is 0 Å². The fraction of sp³-hybridized carbons (Fsp3) is 0.886. The molecule has 0 bridgehead atoms. The molecule has 0 aliphatic heterocycles. The van der Waals surface area contributed by atoms with Crippen LogP contribution in [0.5, 0.6) is 0 Å². The Hall–Kier alpha value is -1.13. The molecular formula is C44H76O4. The number of carbonyl (C=O) groups excluding carboxylic acids is 1. The molecule has 0 amide bonds. The minimum atomic E-state index is -1.26. The van der Waals surface area contributed by atoms with Crippen molar-refractivity contribution in [2.75, 3.05) is 0 Å². The Kier molecular flexibility index (Phi) is 14.8. The average Bonchev–Trinajstić information content (AvgIpc) is 3.40. The van der Waals surface area contributed by atoms with Gasteiger partial charge in [0.1, 0.15) is 17.8 Å². The van der Waals surface area contributed by atoms with Crippen LogP contribution in [0.2, 0.25) is 0 Å². The molecule has 3 fully saturated rings. The summed E-state index contributed by atoms with van der Waals surface area (Å²) in [7, 11) is 0. The molecule has 0 aromatic heterocycles. The molecule has 0 radical (unpaired) electrons. The predicted molar refractivity (Wildman–Crippen MR) is 201 cm³/mol. The number of hydrogen-bond acceptors (Lipinski definition) is 4. The Bertz CT molecular complexity index is 1060. The van der Waals surface area contributed by atoms with Crippen LogP contribution in [0.1, 0.15) is 183 Å². The topological polar surface area (TPSA) is 66.8 Å². The summed E-state index contributed by atoms with van der Waals surface area (Å²) in [6, 6.07) is 0. The summed E-state index contributed by atoms with van der Waals surface area (Å²) < 4.78 is 5.98. The SMILES string of the molecule is CCCCCCCCCCCCCCCC(=O)O[C@H]1CC[C@]2(C)[C@H]3CC[C@]4(C)[C@@H]([C@H](C)/C=C/[C@H](C)C(C)C)CC[C@H]4C3=C[C@@H](O)[C@@]2(O)C1. The zero-order chi connectivity index (χ0) is 35.0. The molecule has 4 heteroatoms. The number of ether oxygens (including phenoxy) is 1. The number of unbranched alkanes of at least 4 members (excludes halogenated alkanes) is 12. The monoisotopic (exact) mass is 669 g/mol. The van der Waals surface area contributed by atoms with E-state index in [9.17, 15) is 15.0 Å². The van der Waals surface area contributed by atoms with Gasteiger partial charge in [0.15, 0.2) is 0 Å². The third-order valence-corrected chi connectivity index (χ3v) is 14.5. The van der Waals surface area contributed by atoms with Gasteiger partial charge in [-0.15, -0.1) is 0 Å². The molecular weight excluding hydrogens is 592 g/mol. The molecule has 0 aromatic rings. The molecule has 0 spiro atoms. The van der Waals surface area contributed by atoms with Gasteiger partial charge in [-0.05, 0) is 85.9 Å². The summed E-state index contributed by atoms with van der Waals surface area (Å²) >= 11 is 0.